The van der Waals surface area contributed by atoms with Crippen LogP contribution in [0.2, 0.25) is 0 Å². The molecule has 11 heavy (non-hydrogen) atoms. The molecule has 6 nitrogen and oxygen atoms in total. The number of carbonyl (C=O) groups excluding carboxylic acids is 1. The second kappa shape index (κ2) is 9.05. The van der Waals surface area contributed by atoms with E-state index in [1.807, 2.05) is 0 Å². The topological polar surface area (TPSA) is 121 Å². The number of rotatable bonds is 1. The van der Waals surface area contributed by atoms with Gasteiger partial charge in [-0.1, -0.05) is 6.58 Å². The van der Waals surface area contributed by atoms with Crippen LogP contribution in [0, 0.1) is 0 Å². The van der Waals surface area contributed by atoms with Crippen LogP contribution in [0.5, 0.6) is 0 Å². The van der Waals surface area contributed by atoms with E-state index in [9.17, 15) is 4.79 Å². The normalized spacial score (nSPS) is 8.27. The Kier molecular flexibility index (Phi) is 14.7. The summed E-state index contributed by atoms with van der Waals surface area (Å²) in [7, 11) is -4.64. The van der Waals surface area contributed by atoms with Crippen LogP contribution in [-0.4, -0.2) is 72.0 Å². The summed E-state index contributed by atoms with van der Waals surface area (Å²) in [5.41, 5.74) is 4.53. The molecule has 0 aromatic rings. The summed E-state index contributed by atoms with van der Waals surface area (Å²) in [5.74, 6) is -0.481. The molecule has 8 heteroatoms. The molecule has 0 bridgehead atoms. The molecule has 0 saturated heterocycles. The van der Waals surface area contributed by atoms with E-state index in [0.717, 1.165) is 6.08 Å². The van der Waals surface area contributed by atoms with Crippen LogP contribution in [0.15, 0.2) is 12.7 Å². The van der Waals surface area contributed by atoms with E-state index in [4.69, 9.17) is 19.2 Å². The number of hydrogen-bond acceptors (Lipinski definition) is 2. The molecule has 0 saturated carbocycles. The van der Waals surface area contributed by atoms with E-state index >= 15 is 0 Å². The number of nitrogens with two attached hydrogens (primary N) is 1. The van der Waals surface area contributed by atoms with Gasteiger partial charge in [-0.2, -0.15) is 0 Å². The third-order valence-corrected chi connectivity index (χ3v) is 0.201. The summed E-state index contributed by atoms with van der Waals surface area (Å²) in [4.78, 5) is 31.0. The zero-order valence-electron chi connectivity index (χ0n) is 4.97. The molecular weight excluding hydrogens is 200 g/mol. The van der Waals surface area contributed by atoms with Crippen LogP contribution in [-0.2, 0) is 9.36 Å². The summed E-state index contributed by atoms with van der Waals surface area (Å²) in [6.45, 7) is 3.09. The Labute approximate surface area is 106 Å². The molecule has 0 unspecified atom stereocenters. The van der Waals surface area contributed by atoms with Gasteiger partial charge in [0.25, 0.3) is 0 Å². The molecule has 0 radical (unpaired) electrons. The van der Waals surface area contributed by atoms with Crippen molar-refractivity contribution >= 4 is 65.1 Å². The van der Waals surface area contributed by atoms with E-state index in [2.05, 4.69) is 12.3 Å². The quantitative estimate of drug-likeness (QED) is 0.228. The first-order valence-corrected chi connectivity index (χ1v) is 3.54. The van der Waals surface area contributed by atoms with Gasteiger partial charge in [0, 0.05) is 0 Å². The molecule has 0 aliphatic rings. The van der Waals surface area contributed by atoms with Crippen LogP contribution in [0.4, 0.5) is 0 Å². The van der Waals surface area contributed by atoms with Crippen LogP contribution in [0.3, 0.4) is 0 Å². The number of primary amides is 1. The van der Waals surface area contributed by atoms with Crippen LogP contribution in [0.25, 0.3) is 0 Å². The van der Waals surface area contributed by atoms with Gasteiger partial charge in [-0.25, -0.2) is 4.57 Å². The average Bonchev–Trinajstić information content (AvgIpc) is 1.61. The molecular formula is C3H9KNO5P. The van der Waals surface area contributed by atoms with Crippen molar-refractivity contribution < 1.29 is 24.0 Å². The van der Waals surface area contributed by atoms with Crippen molar-refractivity contribution in [1.29, 1.82) is 0 Å². The molecule has 0 fully saturated rings. The van der Waals surface area contributed by atoms with Crippen molar-refractivity contribution in [3.05, 3.63) is 12.7 Å². The first-order chi connectivity index (χ1) is 4.27. The Hall–Kier alpha value is 0.956. The molecule has 0 aromatic carbocycles. The molecule has 0 aromatic heterocycles. The van der Waals surface area contributed by atoms with E-state index in [1.54, 1.807) is 0 Å². The Bertz CT molecular complexity index is 157. The van der Waals surface area contributed by atoms with Gasteiger partial charge in [0.05, 0.1) is 0 Å². The first kappa shape index (κ1) is 17.9. The Balaban J connectivity index is -0.000000107. The molecule has 1 amide bonds. The molecule has 62 valence electrons. The Morgan fingerprint density at radius 1 is 1.45 bits per heavy atom. The molecule has 0 aliphatic heterocycles. The Morgan fingerprint density at radius 3 is 1.55 bits per heavy atom. The van der Waals surface area contributed by atoms with Crippen molar-refractivity contribution in [1.82, 2.24) is 0 Å². The third kappa shape index (κ3) is 101. The SMILES string of the molecule is C=CC(N)=O.O=P(O)(O)O.[KH]. The fourth-order valence-electron chi connectivity index (χ4n) is 0. The molecule has 0 rings (SSSR count). The second-order valence-corrected chi connectivity index (χ2v) is 2.15. The zero-order chi connectivity index (χ0) is 8.78. The first-order valence-electron chi connectivity index (χ1n) is 1.97. The summed E-state index contributed by atoms with van der Waals surface area (Å²) < 4.78 is 8.88. The van der Waals surface area contributed by atoms with E-state index in [1.165, 1.54) is 0 Å². The van der Waals surface area contributed by atoms with Gasteiger partial charge in [0.2, 0.25) is 5.91 Å². The van der Waals surface area contributed by atoms with Crippen molar-refractivity contribution in [3.8, 4) is 0 Å². The van der Waals surface area contributed by atoms with Crippen molar-refractivity contribution in [2.75, 3.05) is 0 Å². The van der Waals surface area contributed by atoms with Gasteiger partial charge in [0.15, 0.2) is 0 Å². The van der Waals surface area contributed by atoms with Crippen LogP contribution in [0.1, 0.15) is 0 Å². The summed E-state index contributed by atoms with van der Waals surface area (Å²) >= 11 is 0. The number of hydrogen-bond donors (Lipinski definition) is 4. The third-order valence-electron chi connectivity index (χ3n) is 0.201. The van der Waals surface area contributed by atoms with Crippen LogP contribution < -0.4 is 5.73 Å². The average molecular weight is 209 g/mol. The standard InChI is InChI=1S/C3H5NO.K.H3O4P.H/c1-2-3(4)5;;1-5(2,3)4;/h2H,1H2,(H2,4,5);;(H3,1,2,3,4);. The fourth-order valence-corrected chi connectivity index (χ4v) is 0. The summed E-state index contributed by atoms with van der Waals surface area (Å²) in [5, 5.41) is 0. The van der Waals surface area contributed by atoms with Gasteiger partial charge < -0.3 is 20.4 Å². The van der Waals surface area contributed by atoms with Crippen molar-refractivity contribution in [2.45, 2.75) is 0 Å². The zero-order valence-corrected chi connectivity index (χ0v) is 5.86. The van der Waals surface area contributed by atoms with Gasteiger partial charge >= 0.3 is 59.2 Å². The van der Waals surface area contributed by atoms with Gasteiger partial charge in [-0.05, 0) is 6.08 Å². The predicted octanol–water partition coefficient (Wildman–Crippen LogP) is -1.92. The fraction of sp³-hybridized carbons (Fsp3) is 0. The molecule has 0 aliphatic carbocycles. The molecule has 0 spiro atoms. The maximum absolute atomic E-state index is 9.47. The van der Waals surface area contributed by atoms with E-state index in [0.29, 0.717) is 0 Å². The second-order valence-electron chi connectivity index (χ2n) is 1.12. The van der Waals surface area contributed by atoms with Crippen LogP contribution >= 0.6 is 7.82 Å². The maximum atomic E-state index is 9.47. The minimum atomic E-state index is -4.64. The number of carbonyl (C=O) groups is 1. The van der Waals surface area contributed by atoms with Gasteiger partial charge in [-0.15, -0.1) is 0 Å². The van der Waals surface area contributed by atoms with Gasteiger partial charge in [0.1, 0.15) is 0 Å². The number of phosphoric acid groups is 1. The molecule has 0 heterocycles. The summed E-state index contributed by atoms with van der Waals surface area (Å²) in [6.07, 6.45) is 1.06. The van der Waals surface area contributed by atoms with Gasteiger partial charge in [-0.3, -0.25) is 4.79 Å². The molecule has 5 N–H and O–H groups in total. The number of amides is 1. The van der Waals surface area contributed by atoms with E-state index < -0.39 is 13.7 Å². The van der Waals surface area contributed by atoms with Crippen molar-refractivity contribution in [3.63, 3.8) is 0 Å². The van der Waals surface area contributed by atoms with Crippen molar-refractivity contribution in [2.24, 2.45) is 5.73 Å². The summed E-state index contributed by atoms with van der Waals surface area (Å²) in [6, 6.07) is 0. The van der Waals surface area contributed by atoms with E-state index in [-0.39, 0.29) is 51.4 Å². The monoisotopic (exact) mass is 209 g/mol. The molecule has 0 atom stereocenters. The predicted molar refractivity (Wildman–Crippen MR) is 40.8 cm³/mol. The minimum absolute atomic E-state index is 0. The Morgan fingerprint density at radius 2 is 1.55 bits per heavy atom.